The lowest BCUT2D eigenvalue weighted by Gasteiger charge is -2.37. The highest BCUT2D eigenvalue weighted by molar-refractivity contribution is 9.09. The smallest absolute Gasteiger partial charge is 0.222 e. The molecule has 3 heteroatoms. The molecule has 1 fully saturated rings. The van der Waals surface area contributed by atoms with E-state index in [-0.39, 0.29) is 0 Å². The molecule has 0 bridgehead atoms. The van der Waals surface area contributed by atoms with E-state index in [4.69, 9.17) is 0 Å². The Morgan fingerprint density at radius 1 is 1.17 bits per heavy atom. The lowest BCUT2D eigenvalue weighted by Crippen LogP contribution is -2.42. The summed E-state index contributed by atoms with van der Waals surface area (Å²) in [5.41, 5.74) is 0.295. The molecular formula is C15H28BrNO. The Hall–Kier alpha value is -0.0500. The van der Waals surface area contributed by atoms with E-state index in [1.54, 1.807) is 0 Å². The van der Waals surface area contributed by atoms with E-state index >= 15 is 0 Å². The molecule has 18 heavy (non-hydrogen) atoms. The number of carbonyl (C=O) groups is 1. The summed E-state index contributed by atoms with van der Waals surface area (Å²) in [5.74, 6) is 0.380. The second-order valence-electron chi connectivity index (χ2n) is 5.76. The Bertz CT molecular complexity index is 249. The summed E-state index contributed by atoms with van der Waals surface area (Å²) in [6, 6.07) is 0. The van der Waals surface area contributed by atoms with Crippen LogP contribution in [0.2, 0.25) is 0 Å². The molecule has 0 atom stereocenters. The Morgan fingerprint density at radius 2 is 1.83 bits per heavy atom. The van der Waals surface area contributed by atoms with Crippen molar-refractivity contribution in [3.8, 4) is 0 Å². The lowest BCUT2D eigenvalue weighted by atomic mass is 9.80. The van der Waals surface area contributed by atoms with Crippen LogP contribution in [-0.4, -0.2) is 29.2 Å². The minimum atomic E-state index is 0.295. The Morgan fingerprint density at radius 3 is 2.39 bits per heavy atom. The van der Waals surface area contributed by atoms with Crippen LogP contribution in [0.1, 0.15) is 65.2 Å². The molecule has 1 heterocycles. The lowest BCUT2D eigenvalue weighted by molar-refractivity contribution is -0.132. The minimum Gasteiger partial charge on any atom is -0.342 e. The topological polar surface area (TPSA) is 20.3 Å². The van der Waals surface area contributed by atoms with Crippen LogP contribution in [0.5, 0.6) is 0 Å². The number of nitrogens with zero attached hydrogens (tertiary/aromatic N) is 1. The highest BCUT2D eigenvalue weighted by atomic mass is 79.9. The third-order valence-electron chi connectivity index (χ3n) is 4.04. The zero-order valence-electron chi connectivity index (χ0n) is 12.0. The van der Waals surface area contributed by atoms with Crippen LogP contribution in [0.15, 0.2) is 0 Å². The Balaban J connectivity index is 2.70. The zero-order chi connectivity index (χ0) is 13.4. The van der Waals surface area contributed by atoms with Gasteiger partial charge in [-0.05, 0) is 31.1 Å². The number of halogens is 1. The fraction of sp³-hybridized carbons (Fsp3) is 0.933. The average molecular weight is 318 g/mol. The molecule has 1 amide bonds. The second-order valence-corrected chi connectivity index (χ2v) is 6.32. The molecular weight excluding hydrogens is 290 g/mol. The molecule has 106 valence electrons. The first-order valence-corrected chi connectivity index (χ1v) is 8.63. The van der Waals surface area contributed by atoms with Gasteiger partial charge in [-0.1, -0.05) is 49.0 Å². The molecule has 0 aromatic carbocycles. The number of alkyl halides is 1. The van der Waals surface area contributed by atoms with Crippen LogP contribution in [-0.2, 0) is 4.79 Å². The summed E-state index contributed by atoms with van der Waals surface area (Å²) in [6.45, 7) is 6.43. The molecule has 0 aliphatic carbocycles. The van der Waals surface area contributed by atoms with Crippen LogP contribution >= 0.6 is 15.9 Å². The Labute approximate surface area is 121 Å². The van der Waals surface area contributed by atoms with Gasteiger partial charge >= 0.3 is 0 Å². The Kier molecular flexibility index (Phi) is 7.28. The molecule has 0 unspecified atom stereocenters. The predicted octanol–water partition coefficient (Wildman–Crippen LogP) is 4.37. The van der Waals surface area contributed by atoms with E-state index in [1.807, 2.05) is 0 Å². The van der Waals surface area contributed by atoms with Gasteiger partial charge in [0.2, 0.25) is 5.91 Å². The highest BCUT2D eigenvalue weighted by Crippen LogP contribution is 2.34. The van der Waals surface area contributed by atoms with Gasteiger partial charge in [0.25, 0.3) is 0 Å². The molecule has 0 spiro atoms. The van der Waals surface area contributed by atoms with Crippen molar-refractivity contribution >= 4 is 21.8 Å². The molecule has 0 aromatic rings. The van der Waals surface area contributed by atoms with Crippen molar-refractivity contribution in [1.29, 1.82) is 0 Å². The van der Waals surface area contributed by atoms with Crippen LogP contribution in [0, 0.1) is 5.41 Å². The largest absolute Gasteiger partial charge is 0.342 e. The number of hydrogen-bond donors (Lipinski definition) is 0. The van der Waals surface area contributed by atoms with Crippen molar-refractivity contribution in [3.05, 3.63) is 0 Å². The van der Waals surface area contributed by atoms with Crippen LogP contribution < -0.4 is 0 Å². The maximum Gasteiger partial charge on any atom is 0.222 e. The van der Waals surface area contributed by atoms with Crippen LogP contribution in [0.25, 0.3) is 0 Å². The van der Waals surface area contributed by atoms with Gasteiger partial charge in [-0.25, -0.2) is 0 Å². The number of likely N-dealkylation sites (tertiary alicyclic amines) is 1. The molecule has 1 rings (SSSR count). The summed E-state index contributed by atoms with van der Waals surface area (Å²) < 4.78 is 0. The molecule has 1 saturated heterocycles. The number of amides is 1. The van der Waals surface area contributed by atoms with Gasteiger partial charge in [-0.3, -0.25) is 4.79 Å². The van der Waals surface area contributed by atoms with E-state index in [0.717, 1.165) is 31.3 Å². The van der Waals surface area contributed by atoms with E-state index in [2.05, 4.69) is 34.7 Å². The summed E-state index contributed by atoms with van der Waals surface area (Å²) >= 11 is 3.70. The van der Waals surface area contributed by atoms with Crippen molar-refractivity contribution in [3.63, 3.8) is 0 Å². The highest BCUT2D eigenvalue weighted by Gasteiger charge is 2.31. The summed E-state index contributed by atoms with van der Waals surface area (Å²) in [4.78, 5) is 14.3. The van der Waals surface area contributed by atoms with Gasteiger partial charge in [0.15, 0.2) is 0 Å². The molecule has 0 aromatic heterocycles. The minimum absolute atomic E-state index is 0.295. The van der Waals surface area contributed by atoms with E-state index in [9.17, 15) is 4.79 Å². The van der Waals surface area contributed by atoms with Crippen molar-refractivity contribution in [1.82, 2.24) is 4.90 Å². The SMILES string of the molecule is CCCC(CBr)(CCC)CN1CCCCCC1=O. The molecule has 1 aliphatic heterocycles. The molecule has 0 saturated carbocycles. The van der Waals surface area contributed by atoms with Crippen molar-refractivity contribution < 1.29 is 4.79 Å². The summed E-state index contributed by atoms with van der Waals surface area (Å²) in [5, 5.41) is 1.02. The quantitative estimate of drug-likeness (QED) is 0.638. The third-order valence-corrected chi connectivity index (χ3v) is 5.23. The fourth-order valence-electron chi connectivity index (χ4n) is 3.13. The third kappa shape index (κ3) is 4.56. The van der Waals surface area contributed by atoms with E-state index < -0.39 is 0 Å². The summed E-state index contributed by atoms with van der Waals surface area (Å²) in [7, 11) is 0. The van der Waals surface area contributed by atoms with Gasteiger partial charge in [0, 0.05) is 24.8 Å². The monoisotopic (exact) mass is 317 g/mol. The molecule has 2 nitrogen and oxygen atoms in total. The van der Waals surface area contributed by atoms with Crippen LogP contribution in [0.3, 0.4) is 0 Å². The molecule has 1 aliphatic rings. The summed E-state index contributed by atoms with van der Waals surface area (Å²) in [6.07, 6.45) is 9.08. The van der Waals surface area contributed by atoms with Gasteiger partial charge in [0.1, 0.15) is 0 Å². The van der Waals surface area contributed by atoms with Crippen molar-refractivity contribution in [2.45, 2.75) is 65.2 Å². The zero-order valence-corrected chi connectivity index (χ0v) is 13.6. The van der Waals surface area contributed by atoms with Gasteiger partial charge in [-0.2, -0.15) is 0 Å². The first-order valence-electron chi connectivity index (χ1n) is 7.51. The molecule has 0 radical (unpaired) electrons. The number of carbonyl (C=O) groups excluding carboxylic acids is 1. The second kappa shape index (κ2) is 8.19. The average Bonchev–Trinajstić information content (AvgIpc) is 2.55. The standard InChI is InChI=1S/C15H28BrNO/c1-3-9-15(12-16,10-4-2)13-17-11-7-5-6-8-14(17)18/h3-13H2,1-2H3. The maximum absolute atomic E-state index is 12.1. The van der Waals surface area contributed by atoms with Gasteiger partial charge in [0.05, 0.1) is 0 Å². The first-order chi connectivity index (χ1) is 8.67. The van der Waals surface area contributed by atoms with Gasteiger partial charge < -0.3 is 4.90 Å². The van der Waals surface area contributed by atoms with E-state index in [1.165, 1.54) is 38.5 Å². The number of rotatable bonds is 7. The van der Waals surface area contributed by atoms with Crippen molar-refractivity contribution in [2.24, 2.45) is 5.41 Å². The van der Waals surface area contributed by atoms with E-state index in [0.29, 0.717) is 11.3 Å². The normalized spacial score (nSPS) is 17.9. The fourth-order valence-corrected chi connectivity index (χ4v) is 3.87. The van der Waals surface area contributed by atoms with Crippen molar-refractivity contribution in [2.75, 3.05) is 18.4 Å². The van der Waals surface area contributed by atoms with Gasteiger partial charge in [-0.15, -0.1) is 0 Å². The van der Waals surface area contributed by atoms with Crippen LogP contribution in [0.4, 0.5) is 0 Å². The maximum atomic E-state index is 12.1. The first kappa shape index (κ1) is 16.0. The molecule has 0 N–H and O–H groups in total. The number of hydrogen-bond acceptors (Lipinski definition) is 1. The predicted molar refractivity (Wildman–Crippen MR) is 81.1 cm³/mol.